The number of halogens is 2. The molecule has 6 heterocycles. The van der Waals surface area contributed by atoms with Gasteiger partial charge in [-0.05, 0) is 75.2 Å². The van der Waals surface area contributed by atoms with Crippen LogP contribution in [0.1, 0.15) is 27.2 Å². The zero-order valence-corrected chi connectivity index (χ0v) is 26.2. The van der Waals surface area contributed by atoms with E-state index in [1.807, 2.05) is 56.0 Å². The Morgan fingerprint density at radius 1 is 1.02 bits per heavy atom. The Hall–Kier alpha value is -5.03. The summed E-state index contributed by atoms with van der Waals surface area (Å²) in [5.41, 5.74) is 5.95. The fourth-order valence-corrected chi connectivity index (χ4v) is 7.02. The van der Waals surface area contributed by atoms with Gasteiger partial charge in [0.2, 0.25) is 0 Å². The molecule has 0 saturated carbocycles. The highest BCUT2D eigenvalue weighted by molar-refractivity contribution is 6.33. The summed E-state index contributed by atoms with van der Waals surface area (Å²) < 4.78 is 22.1. The first-order chi connectivity index (χ1) is 22.2. The summed E-state index contributed by atoms with van der Waals surface area (Å²) in [7, 11) is 0. The van der Waals surface area contributed by atoms with Crippen LogP contribution in [0.5, 0.6) is 0 Å². The van der Waals surface area contributed by atoms with Gasteiger partial charge < -0.3 is 14.5 Å². The Morgan fingerprint density at radius 2 is 1.83 bits per heavy atom. The number of nitrogens with one attached hydrogen (secondary N) is 1. The Bertz CT molecular complexity index is 2140. The van der Waals surface area contributed by atoms with Gasteiger partial charge >= 0.3 is 6.09 Å². The van der Waals surface area contributed by atoms with Gasteiger partial charge in [0.15, 0.2) is 5.65 Å². The van der Waals surface area contributed by atoms with Crippen LogP contribution in [-0.2, 0) is 4.74 Å². The summed E-state index contributed by atoms with van der Waals surface area (Å²) in [6.45, 7) is 6.99. The van der Waals surface area contributed by atoms with Crippen molar-refractivity contribution in [1.29, 1.82) is 0 Å². The molecule has 2 aliphatic heterocycles. The van der Waals surface area contributed by atoms with E-state index in [0.717, 1.165) is 46.6 Å². The molecule has 2 bridgehead atoms. The van der Waals surface area contributed by atoms with Crippen molar-refractivity contribution < 1.29 is 13.9 Å². The van der Waals surface area contributed by atoms with Crippen LogP contribution in [-0.4, -0.2) is 71.5 Å². The maximum atomic E-state index is 14.7. The highest BCUT2D eigenvalue weighted by Gasteiger charge is 2.46. The van der Waals surface area contributed by atoms with Gasteiger partial charge in [-0.25, -0.2) is 18.7 Å². The van der Waals surface area contributed by atoms with Crippen LogP contribution < -0.4 is 4.90 Å². The second-order valence-electron chi connectivity index (χ2n) is 12.8. The number of piperazine rings is 1. The number of anilines is 1. The van der Waals surface area contributed by atoms with E-state index in [4.69, 9.17) is 26.4 Å². The van der Waals surface area contributed by atoms with Crippen molar-refractivity contribution in [2.45, 2.75) is 44.9 Å². The SMILES string of the molecule is CC(C)(C)OC(=O)N1C[C@@H]2C[C@H]1CN2c1ccc(-c2ccnc3c(-c4ccc(F)c5[nH]ncc45)c(-c4ccncc4)nn23)c(Cl)c1. The molecule has 4 aromatic heterocycles. The van der Waals surface area contributed by atoms with E-state index >= 15 is 0 Å². The maximum absolute atomic E-state index is 14.7. The number of rotatable bonds is 4. The van der Waals surface area contributed by atoms with Crippen LogP contribution in [0.3, 0.4) is 0 Å². The molecule has 0 aliphatic carbocycles. The lowest BCUT2D eigenvalue weighted by molar-refractivity contribution is 0.0214. The van der Waals surface area contributed by atoms with Crippen molar-refractivity contribution >= 4 is 39.9 Å². The van der Waals surface area contributed by atoms with E-state index in [9.17, 15) is 9.18 Å². The number of H-pyrrole nitrogens is 1. The minimum Gasteiger partial charge on any atom is -0.444 e. The van der Waals surface area contributed by atoms with Crippen LogP contribution in [0.4, 0.5) is 14.9 Å². The molecule has 12 heteroatoms. The number of hydrogen-bond acceptors (Lipinski definition) is 7. The van der Waals surface area contributed by atoms with E-state index in [2.05, 4.69) is 26.1 Å². The van der Waals surface area contributed by atoms with Gasteiger partial charge in [0, 0.05) is 59.9 Å². The minimum atomic E-state index is -0.529. The Labute approximate surface area is 268 Å². The average Bonchev–Trinajstić information content (AvgIpc) is 3.84. The van der Waals surface area contributed by atoms with Crippen LogP contribution >= 0.6 is 11.6 Å². The normalized spacial score (nSPS) is 17.8. The van der Waals surface area contributed by atoms with Gasteiger partial charge in [0.05, 0.1) is 28.5 Å². The van der Waals surface area contributed by atoms with E-state index < -0.39 is 5.60 Å². The number of ether oxygens (including phenoxy) is 1. The topological polar surface area (TPSA) is 105 Å². The fourth-order valence-electron chi connectivity index (χ4n) is 6.75. The fraction of sp³-hybridized carbons (Fsp3) is 0.265. The number of hydrogen-bond donors (Lipinski definition) is 1. The first-order valence-corrected chi connectivity index (χ1v) is 15.5. The molecule has 2 fully saturated rings. The predicted octanol–water partition coefficient (Wildman–Crippen LogP) is 6.99. The van der Waals surface area contributed by atoms with Crippen molar-refractivity contribution in [3.63, 3.8) is 0 Å². The Balaban J connectivity index is 1.18. The number of nitrogens with zero attached hydrogens (tertiary/aromatic N) is 7. The predicted molar refractivity (Wildman–Crippen MR) is 174 cm³/mol. The first-order valence-electron chi connectivity index (χ1n) is 15.1. The molecule has 2 saturated heterocycles. The zero-order chi connectivity index (χ0) is 31.7. The van der Waals surface area contributed by atoms with Gasteiger partial charge in [-0.1, -0.05) is 17.7 Å². The molecule has 2 atom stereocenters. The summed E-state index contributed by atoms with van der Waals surface area (Å²) >= 11 is 7.02. The minimum absolute atomic E-state index is 0.0976. The Morgan fingerprint density at radius 3 is 2.57 bits per heavy atom. The number of fused-ring (bicyclic) bond motifs is 4. The number of carbonyl (C=O) groups excluding carboxylic acids is 1. The molecule has 1 amide bonds. The van der Waals surface area contributed by atoms with Crippen LogP contribution in [0, 0.1) is 5.82 Å². The molecule has 46 heavy (non-hydrogen) atoms. The molecule has 2 aromatic carbocycles. The van der Waals surface area contributed by atoms with Crippen LogP contribution in [0.25, 0.3) is 50.2 Å². The summed E-state index contributed by atoms with van der Waals surface area (Å²) in [6, 6.07) is 15.2. The molecule has 8 rings (SSSR count). The van der Waals surface area contributed by atoms with Crippen molar-refractivity contribution in [2.24, 2.45) is 0 Å². The molecule has 0 spiro atoms. The average molecular weight is 637 g/mol. The molecule has 232 valence electrons. The number of pyridine rings is 1. The van der Waals surface area contributed by atoms with Crippen molar-refractivity contribution in [1.82, 2.24) is 34.7 Å². The summed E-state index contributed by atoms with van der Waals surface area (Å²) in [5, 5.41) is 13.1. The summed E-state index contributed by atoms with van der Waals surface area (Å²) in [5.74, 6) is -0.387. The van der Waals surface area contributed by atoms with Crippen LogP contribution in [0.15, 0.2) is 73.3 Å². The van der Waals surface area contributed by atoms with E-state index in [-0.39, 0.29) is 24.0 Å². The molecule has 1 N–H and O–H groups in total. The van der Waals surface area contributed by atoms with Crippen molar-refractivity contribution in [3.05, 3.63) is 84.2 Å². The molecular weight excluding hydrogens is 607 g/mol. The van der Waals surface area contributed by atoms with E-state index in [0.29, 0.717) is 33.8 Å². The Kier molecular flexibility index (Phi) is 6.50. The highest BCUT2D eigenvalue weighted by Crippen LogP contribution is 2.42. The monoisotopic (exact) mass is 636 g/mol. The smallest absolute Gasteiger partial charge is 0.410 e. The molecule has 6 aromatic rings. The number of benzene rings is 2. The lowest BCUT2D eigenvalue weighted by Crippen LogP contribution is -2.50. The molecule has 2 aliphatic rings. The second kappa shape index (κ2) is 10.5. The van der Waals surface area contributed by atoms with E-state index in [1.165, 1.54) is 6.07 Å². The largest absolute Gasteiger partial charge is 0.444 e. The van der Waals surface area contributed by atoms with E-state index in [1.54, 1.807) is 35.4 Å². The number of aromatic nitrogens is 6. The van der Waals surface area contributed by atoms with Crippen molar-refractivity contribution in [3.8, 4) is 33.6 Å². The highest BCUT2D eigenvalue weighted by atomic mass is 35.5. The van der Waals surface area contributed by atoms with Gasteiger partial charge in [0.1, 0.15) is 22.6 Å². The van der Waals surface area contributed by atoms with Gasteiger partial charge in [-0.15, -0.1) is 0 Å². The third-order valence-corrected chi connectivity index (χ3v) is 9.05. The quantitative estimate of drug-likeness (QED) is 0.222. The third kappa shape index (κ3) is 4.65. The lowest BCUT2D eigenvalue weighted by Gasteiger charge is -2.36. The lowest BCUT2D eigenvalue weighted by atomic mass is 9.98. The maximum Gasteiger partial charge on any atom is 0.410 e. The number of aromatic amines is 1. The number of amides is 1. The van der Waals surface area contributed by atoms with Crippen LogP contribution in [0.2, 0.25) is 5.02 Å². The zero-order valence-electron chi connectivity index (χ0n) is 25.4. The van der Waals surface area contributed by atoms with Gasteiger partial charge in [0.25, 0.3) is 0 Å². The molecule has 0 unspecified atom stereocenters. The summed E-state index contributed by atoms with van der Waals surface area (Å²) in [4.78, 5) is 25.9. The standard InChI is InChI=1S/C34H30ClFN8O2/c1-34(2,3)46-33(45)43-18-21-14-22(43)17-42(21)20-4-5-24(26(35)15-20)28-10-13-38-32-29(23-6-7-27(36)31-25(23)16-39-40-31)30(41-44(28)32)19-8-11-37-12-9-19/h4-13,15-16,21-22H,14,17-18H2,1-3H3,(H,39,40)/t21-,22-/m0/s1. The third-order valence-electron chi connectivity index (χ3n) is 8.74. The summed E-state index contributed by atoms with van der Waals surface area (Å²) in [6.07, 6.45) is 7.41. The van der Waals surface area contributed by atoms with Gasteiger partial charge in [-0.3, -0.25) is 10.1 Å². The first kappa shape index (κ1) is 28.4. The van der Waals surface area contributed by atoms with Crippen molar-refractivity contribution in [2.75, 3.05) is 18.0 Å². The number of likely N-dealkylation sites (tertiary alicyclic amines) is 1. The molecule has 0 radical (unpaired) electrons. The molecular formula is C34H30ClFN8O2. The van der Waals surface area contributed by atoms with Gasteiger partial charge in [-0.2, -0.15) is 10.2 Å². The number of carbonyl (C=O) groups is 1. The second-order valence-corrected chi connectivity index (χ2v) is 13.2. The molecule has 10 nitrogen and oxygen atoms in total.